The molecule has 26 heavy (non-hydrogen) atoms. The standard InChI is InChI=1S/C16H18N4O5S/c1-19-8-11(7-17-19)15-9-20(4-5-24-15)26(22,23)12-2-3-14-13(6-12)18-16(21)10-25-14/h2-3,6-8,15H,4-5,9-10H2,1H3,(H,18,21)/t15-/m0/s1. The van der Waals surface area contributed by atoms with Crippen molar-refractivity contribution in [3.63, 3.8) is 0 Å². The third-order valence-electron chi connectivity index (χ3n) is 4.35. The van der Waals surface area contributed by atoms with Crippen molar-refractivity contribution >= 4 is 21.6 Å². The number of aryl methyl sites for hydroxylation is 1. The number of carbonyl (C=O) groups is 1. The normalized spacial score (nSPS) is 21.0. The number of benzene rings is 1. The molecule has 1 aromatic carbocycles. The Bertz CT molecular complexity index is 955. The van der Waals surface area contributed by atoms with E-state index >= 15 is 0 Å². The molecular formula is C16H18N4O5S. The van der Waals surface area contributed by atoms with Crippen LogP contribution in [0.4, 0.5) is 5.69 Å². The minimum Gasteiger partial charge on any atom is -0.482 e. The highest BCUT2D eigenvalue weighted by Crippen LogP contribution is 2.32. The highest BCUT2D eigenvalue weighted by molar-refractivity contribution is 7.89. The van der Waals surface area contributed by atoms with Gasteiger partial charge in [-0.1, -0.05) is 0 Å². The van der Waals surface area contributed by atoms with Gasteiger partial charge in [-0.25, -0.2) is 8.42 Å². The lowest BCUT2D eigenvalue weighted by Gasteiger charge is -2.32. The maximum absolute atomic E-state index is 13.0. The number of morpholine rings is 1. The molecule has 138 valence electrons. The molecule has 3 heterocycles. The molecule has 2 aliphatic rings. The second kappa shape index (κ2) is 6.38. The summed E-state index contributed by atoms with van der Waals surface area (Å²) in [6.07, 6.45) is 3.12. The maximum atomic E-state index is 13.0. The van der Waals surface area contributed by atoms with E-state index in [4.69, 9.17) is 9.47 Å². The van der Waals surface area contributed by atoms with E-state index < -0.39 is 10.0 Å². The molecule has 0 spiro atoms. The predicted octanol–water partition coefficient (Wildman–Crippen LogP) is 0.513. The van der Waals surface area contributed by atoms with Crippen LogP contribution in [0.1, 0.15) is 11.7 Å². The molecule has 2 aliphatic heterocycles. The molecule has 4 rings (SSSR count). The van der Waals surface area contributed by atoms with Crippen molar-refractivity contribution in [2.75, 3.05) is 31.6 Å². The van der Waals surface area contributed by atoms with E-state index in [1.54, 1.807) is 24.0 Å². The van der Waals surface area contributed by atoms with Crippen molar-refractivity contribution in [3.05, 3.63) is 36.2 Å². The van der Waals surface area contributed by atoms with Crippen LogP contribution in [0.15, 0.2) is 35.5 Å². The van der Waals surface area contributed by atoms with E-state index in [0.29, 0.717) is 18.0 Å². The fraction of sp³-hybridized carbons (Fsp3) is 0.375. The monoisotopic (exact) mass is 378 g/mol. The van der Waals surface area contributed by atoms with Crippen LogP contribution in [0, 0.1) is 0 Å². The number of rotatable bonds is 3. The Labute approximate surface area is 150 Å². The molecule has 0 unspecified atom stereocenters. The minimum atomic E-state index is -3.73. The lowest BCUT2D eigenvalue weighted by atomic mass is 10.2. The first kappa shape index (κ1) is 17.0. The van der Waals surface area contributed by atoms with Crippen LogP contribution in [0.2, 0.25) is 0 Å². The van der Waals surface area contributed by atoms with Crippen LogP contribution in [0.3, 0.4) is 0 Å². The summed E-state index contributed by atoms with van der Waals surface area (Å²) < 4.78 is 40.1. The van der Waals surface area contributed by atoms with Gasteiger partial charge in [0.2, 0.25) is 10.0 Å². The largest absolute Gasteiger partial charge is 0.482 e. The zero-order chi connectivity index (χ0) is 18.3. The highest BCUT2D eigenvalue weighted by atomic mass is 32.2. The fourth-order valence-corrected chi connectivity index (χ4v) is 4.48. The van der Waals surface area contributed by atoms with Gasteiger partial charge in [-0.05, 0) is 18.2 Å². The molecule has 10 heteroatoms. The number of nitrogens with one attached hydrogen (secondary N) is 1. The van der Waals surface area contributed by atoms with Crippen LogP contribution in [0.5, 0.6) is 5.75 Å². The predicted molar refractivity (Wildman–Crippen MR) is 91.2 cm³/mol. The second-order valence-corrected chi connectivity index (χ2v) is 8.10. The van der Waals surface area contributed by atoms with Crippen molar-refractivity contribution in [3.8, 4) is 5.75 Å². The third kappa shape index (κ3) is 3.06. The average Bonchev–Trinajstić information content (AvgIpc) is 3.07. The molecule has 2 aromatic rings. The molecule has 0 saturated carbocycles. The molecule has 1 atom stereocenters. The molecular weight excluding hydrogens is 360 g/mol. The zero-order valence-electron chi connectivity index (χ0n) is 14.1. The quantitative estimate of drug-likeness (QED) is 0.835. The van der Waals surface area contributed by atoms with Crippen molar-refractivity contribution in [1.29, 1.82) is 0 Å². The zero-order valence-corrected chi connectivity index (χ0v) is 14.9. The lowest BCUT2D eigenvalue weighted by molar-refractivity contribution is -0.118. The average molecular weight is 378 g/mol. The van der Waals surface area contributed by atoms with Gasteiger partial charge in [-0.15, -0.1) is 0 Å². The van der Waals surface area contributed by atoms with E-state index in [1.165, 1.54) is 16.4 Å². The highest BCUT2D eigenvalue weighted by Gasteiger charge is 2.33. The summed E-state index contributed by atoms with van der Waals surface area (Å²) in [5.41, 5.74) is 1.19. The van der Waals surface area contributed by atoms with Gasteiger partial charge in [0, 0.05) is 31.9 Å². The van der Waals surface area contributed by atoms with Gasteiger partial charge in [-0.3, -0.25) is 9.48 Å². The number of hydrogen-bond donors (Lipinski definition) is 1. The number of carbonyl (C=O) groups excluding carboxylic acids is 1. The number of ether oxygens (including phenoxy) is 2. The van der Waals surface area contributed by atoms with E-state index in [0.717, 1.165) is 5.56 Å². The Hall–Kier alpha value is -2.43. The van der Waals surface area contributed by atoms with Gasteiger partial charge < -0.3 is 14.8 Å². The molecule has 9 nitrogen and oxygen atoms in total. The number of nitrogens with zero attached hydrogens (tertiary/aromatic N) is 3. The van der Waals surface area contributed by atoms with Gasteiger partial charge in [0.15, 0.2) is 6.61 Å². The van der Waals surface area contributed by atoms with Crippen LogP contribution in [-0.2, 0) is 26.6 Å². The number of anilines is 1. The first-order chi connectivity index (χ1) is 12.4. The molecule has 1 aromatic heterocycles. The van der Waals surface area contributed by atoms with Gasteiger partial charge in [0.25, 0.3) is 5.91 Å². The Morgan fingerprint density at radius 2 is 2.19 bits per heavy atom. The van der Waals surface area contributed by atoms with Gasteiger partial charge >= 0.3 is 0 Å². The summed E-state index contributed by atoms with van der Waals surface area (Å²) in [6, 6.07) is 4.47. The Morgan fingerprint density at radius 3 is 2.96 bits per heavy atom. The Kier molecular flexibility index (Phi) is 4.17. The van der Waals surface area contributed by atoms with Crippen LogP contribution >= 0.6 is 0 Å². The number of amides is 1. The molecule has 1 amide bonds. The van der Waals surface area contributed by atoms with Crippen LogP contribution in [0.25, 0.3) is 0 Å². The SMILES string of the molecule is Cn1cc([C@@H]2CN(S(=O)(=O)c3ccc4c(c3)NC(=O)CO4)CCO2)cn1. The summed E-state index contributed by atoms with van der Waals surface area (Å²) in [5.74, 6) is 0.147. The summed E-state index contributed by atoms with van der Waals surface area (Å²) in [5, 5.41) is 6.74. The fourth-order valence-electron chi connectivity index (χ4n) is 3.02. The smallest absolute Gasteiger partial charge is 0.262 e. The molecule has 1 N–H and O–H groups in total. The number of fused-ring (bicyclic) bond motifs is 1. The minimum absolute atomic E-state index is 0.0741. The topological polar surface area (TPSA) is 103 Å². The van der Waals surface area contributed by atoms with Gasteiger partial charge in [0.05, 0.1) is 29.5 Å². The van der Waals surface area contributed by atoms with Crippen molar-refractivity contribution in [2.45, 2.75) is 11.0 Å². The van der Waals surface area contributed by atoms with Gasteiger partial charge in [0.1, 0.15) is 5.75 Å². The molecule has 0 radical (unpaired) electrons. The Balaban J connectivity index is 1.60. The maximum Gasteiger partial charge on any atom is 0.262 e. The van der Waals surface area contributed by atoms with Crippen molar-refractivity contribution < 1.29 is 22.7 Å². The van der Waals surface area contributed by atoms with E-state index in [-0.39, 0.29) is 36.6 Å². The molecule has 0 aliphatic carbocycles. The summed E-state index contributed by atoms with van der Waals surface area (Å²) in [7, 11) is -1.93. The number of aromatic nitrogens is 2. The first-order valence-corrected chi connectivity index (χ1v) is 9.54. The first-order valence-electron chi connectivity index (χ1n) is 8.10. The molecule has 1 fully saturated rings. The van der Waals surface area contributed by atoms with Crippen molar-refractivity contribution in [1.82, 2.24) is 14.1 Å². The van der Waals surface area contributed by atoms with E-state index in [9.17, 15) is 13.2 Å². The van der Waals surface area contributed by atoms with Crippen molar-refractivity contribution in [2.24, 2.45) is 7.05 Å². The third-order valence-corrected chi connectivity index (χ3v) is 6.21. The van der Waals surface area contributed by atoms with Crippen LogP contribution < -0.4 is 10.1 Å². The summed E-state index contributed by atoms with van der Waals surface area (Å²) in [4.78, 5) is 11.6. The van der Waals surface area contributed by atoms with Crippen LogP contribution in [-0.4, -0.2) is 54.7 Å². The lowest BCUT2D eigenvalue weighted by Crippen LogP contribution is -2.42. The Morgan fingerprint density at radius 1 is 1.35 bits per heavy atom. The summed E-state index contributed by atoms with van der Waals surface area (Å²) >= 11 is 0. The number of hydrogen-bond acceptors (Lipinski definition) is 6. The van der Waals surface area contributed by atoms with E-state index in [1.807, 2.05) is 6.20 Å². The number of sulfonamides is 1. The van der Waals surface area contributed by atoms with E-state index in [2.05, 4.69) is 10.4 Å². The second-order valence-electron chi connectivity index (χ2n) is 6.16. The van der Waals surface area contributed by atoms with Gasteiger partial charge in [-0.2, -0.15) is 9.40 Å². The molecule has 1 saturated heterocycles. The summed E-state index contributed by atoms with van der Waals surface area (Å²) in [6.45, 7) is 0.686. The molecule has 0 bridgehead atoms.